The lowest BCUT2D eigenvalue weighted by Crippen LogP contribution is -2.39. The molecular formula is C19H12Cl4O5S. The van der Waals surface area contributed by atoms with E-state index in [0.29, 0.717) is 0 Å². The van der Waals surface area contributed by atoms with Gasteiger partial charge in [0.25, 0.3) is 10.1 Å². The standard InChI is InChI=1S/C19H12Cl4O5S/c20-10-5-6-11(14(21)7-10)19(29(26,27)28,12-3-1-2-4-17(12)24)13-8-18(25)16(23)9-15(13)22/h1-9,24-25H,(H,26,27,28). The zero-order chi connectivity index (χ0) is 21.6. The lowest BCUT2D eigenvalue weighted by Gasteiger charge is -2.34. The van der Waals surface area contributed by atoms with Gasteiger partial charge in [0, 0.05) is 31.8 Å². The molecule has 3 N–H and O–H groups in total. The van der Waals surface area contributed by atoms with E-state index < -0.39 is 26.4 Å². The van der Waals surface area contributed by atoms with Gasteiger partial charge in [-0.15, -0.1) is 0 Å². The maximum Gasteiger partial charge on any atom is 0.283 e. The van der Waals surface area contributed by atoms with Crippen molar-refractivity contribution in [1.82, 2.24) is 0 Å². The molecular weight excluding hydrogens is 482 g/mol. The summed E-state index contributed by atoms with van der Waals surface area (Å²) in [4.78, 5) is 0. The number of phenols is 2. The van der Waals surface area contributed by atoms with Crippen molar-refractivity contribution in [2.75, 3.05) is 0 Å². The van der Waals surface area contributed by atoms with Crippen LogP contribution in [-0.4, -0.2) is 23.2 Å². The Kier molecular flexibility index (Phi) is 5.98. The molecule has 0 aliphatic rings. The second-order valence-electron chi connectivity index (χ2n) is 6.08. The van der Waals surface area contributed by atoms with E-state index in [2.05, 4.69) is 0 Å². The number of halogens is 4. The third-order valence-corrected chi connectivity index (χ3v) is 6.99. The summed E-state index contributed by atoms with van der Waals surface area (Å²) in [6, 6.07) is 11.5. The summed E-state index contributed by atoms with van der Waals surface area (Å²) in [5.74, 6) is -0.943. The van der Waals surface area contributed by atoms with Crippen LogP contribution in [0.1, 0.15) is 16.7 Å². The molecule has 1 unspecified atom stereocenters. The largest absolute Gasteiger partial charge is 0.508 e. The second-order valence-corrected chi connectivity index (χ2v) is 9.30. The van der Waals surface area contributed by atoms with Crippen molar-refractivity contribution in [1.29, 1.82) is 0 Å². The maximum atomic E-state index is 13.0. The van der Waals surface area contributed by atoms with Crippen LogP contribution in [0.5, 0.6) is 11.5 Å². The van der Waals surface area contributed by atoms with Gasteiger partial charge in [-0.1, -0.05) is 70.7 Å². The molecule has 3 rings (SSSR count). The van der Waals surface area contributed by atoms with Crippen LogP contribution in [0.2, 0.25) is 20.1 Å². The predicted molar refractivity (Wildman–Crippen MR) is 114 cm³/mol. The van der Waals surface area contributed by atoms with Crippen LogP contribution >= 0.6 is 46.4 Å². The lowest BCUT2D eigenvalue weighted by atomic mass is 9.83. The van der Waals surface area contributed by atoms with E-state index in [1.807, 2.05) is 0 Å². The molecule has 152 valence electrons. The zero-order valence-electron chi connectivity index (χ0n) is 14.3. The maximum absolute atomic E-state index is 13.0. The first kappa shape index (κ1) is 22.0. The Balaban J connectivity index is 2.63. The van der Waals surface area contributed by atoms with Crippen LogP contribution < -0.4 is 0 Å². The normalized spacial score (nSPS) is 13.8. The summed E-state index contributed by atoms with van der Waals surface area (Å²) in [5, 5.41) is 20.4. The van der Waals surface area contributed by atoms with Gasteiger partial charge in [-0.05, 0) is 30.3 Å². The smallest absolute Gasteiger partial charge is 0.283 e. The molecule has 0 bridgehead atoms. The molecule has 29 heavy (non-hydrogen) atoms. The van der Waals surface area contributed by atoms with E-state index in [1.54, 1.807) is 0 Å². The molecule has 1 atom stereocenters. The molecule has 3 aromatic carbocycles. The fraction of sp³-hybridized carbons (Fsp3) is 0.0526. The fourth-order valence-corrected chi connectivity index (χ4v) is 5.75. The summed E-state index contributed by atoms with van der Waals surface area (Å²) in [6.07, 6.45) is 0. The first-order valence-corrected chi connectivity index (χ1v) is 10.8. The van der Waals surface area contributed by atoms with Gasteiger partial charge in [0.15, 0.2) is 4.75 Å². The molecule has 0 fully saturated rings. The van der Waals surface area contributed by atoms with Gasteiger partial charge in [0.2, 0.25) is 0 Å². The van der Waals surface area contributed by atoms with E-state index >= 15 is 0 Å². The van der Waals surface area contributed by atoms with Crippen molar-refractivity contribution >= 4 is 56.5 Å². The summed E-state index contributed by atoms with van der Waals surface area (Å²) in [6.45, 7) is 0. The van der Waals surface area contributed by atoms with Crippen molar-refractivity contribution in [3.63, 3.8) is 0 Å². The highest BCUT2D eigenvalue weighted by atomic mass is 35.5. The van der Waals surface area contributed by atoms with E-state index in [9.17, 15) is 23.2 Å². The monoisotopic (exact) mass is 492 g/mol. The Labute approximate surface area is 186 Å². The van der Waals surface area contributed by atoms with Crippen LogP contribution in [0.15, 0.2) is 54.6 Å². The van der Waals surface area contributed by atoms with Gasteiger partial charge in [0.05, 0.1) is 5.02 Å². The molecule has 5 nitrogen and oxygen atoms in total. The topological polar surface area (TPSA) is 94.8 Å². The van der Waals surface area contributed by atoms with Gasteiger partial charge < -0.3 is 10.2 Å². The first-order chi connectivity index (χ1) is 13.5. The summed E-state index contributed by atoms with van der Waals surface area (Å²) < 4.78 is 33.9. The Morgan fingerprint density at radius 3 is 1.90 bits per heavy atom. The van der Waals surface area contributed by atoms with Crippen molar-refractivity contribution < 1.29 is 23.2 Å². The fourth-order valence-electron chi connectivity index (χ4n) is 3.21. The van der Waals surface area contributed by atoms with Crippen molar-refractivity contribution in [2.24, 2.45) is 0 Å². The number of aromatic hydroxyl groups is 2. The summed E-state index contributed by atoms with van der Waals surface area (Å²) in [7, 11) is -5.12. The van der Waals surface area contributed by atoms with Gasteiger partial charge in [-0.2, -0.15) is 8.42 Å². The molecule has 0 spiro atoms. The number of hydrogen-bond acceptors (Lipinski definition) is 4. The second kappa shape index (κ2) is 7.87. The highest BCUT2D eigenvalue weighted by Crippen LogP contribution is 2.52. The molecule has 0 saturated heterocycles. The zero-order valence-corrected chi connectivity index (χ0v) is 18.1. The average molecular weight is 494 g/mol. The lowest BCUT2D eigenvalue weighted by molar-refractivity contribution is 0.439. The molecule has 0 amide bonds. The molecule has 0 radical (unpaired) electrons. The first-order valence-electron chi connectivity index (χ1n) is 7.89. The van der Waals surface area contributed by atoms with E-state index in [0.717, 1.165) is 12.1 Å². The minimum absolute atomic E-state index is 0.121. The van der Waals surface area contributed by atoms with Gasteiger partial charge >= 0.3 is 0 Å². The minimum atomic E-state index is -5.12. The molecule has 10 heteroatoms. The van der Waals surface area contributed by atoms with E-state index in [1.165, 1.54) is 42.5 Å². The molecule has 3 aromatic rings. The Hall–Kier alpha value is -1.67. The molecule has 0 aliphatic heterocycles. The van der Waals surface area contributed by atoms with Gasteiger partial charge in [-0.3, -0.25) is 4.55 Å². The van der Waals surface area contributed by atoms with Crippen molar-refractivity contribution in [3.05, 3.63) is 91.4 Å². The highest BCUT2D eigenvalue weighted by molar-refractivity contribution is 7.87. The van der Waals surface area contributed by atoms with Gasteiger partial charge in [-0.25, -0.2) is 0 Å². The van der Waals surface area contributed by atoms with Crippen LogP contribution in [0.25, 0.3) is 0 Å². The summed E-state index contributed by atoms with van der Waals surface area (Å²) >= 11 is 24.5. The van der Waals surface area contributed by atoms with E-state index in [-0.39, 0.29) is 36.8 Å². The SMILES string of the molecule is O=S(=O)(O)C(c1ccccc1O)(c1ccc(Cl)cc1Cl)c1cc(O)c(Cl)cc1Cl. The van der Waals surface area contributed by atoms with Crippen LogP contribution in [0.4, 0.5) is 0 Å². The number of benzene rings is 3. The number of hydrogen-bond donors (Lipinski definition) is 3. The van der Waals surface area contributed by atoms with Crippen molar-refractivity contribution in [2.45, 2.75) is 4.75 Å². The van der Waals surface area contributed by atoms with Crippen molar-refractivity contribution in [3.8, 4) is 11.5 Å². The Morgan fingerprint density at radius 1 is 0.690 bits per heavy atom. The average Bonchev–Trinajstić information content (AvgIpc) is 2.61. The van der Waals surface area contributed by atoms with Crippen LogP contribution in [0.3, 0.4) is 0 Å². The molecule has 0 aliphatic carbocycles. The third kappa shape index (κ3) is 3.65. The molecule has 0 heterocycles. The summed E-state index contributed by atoms with van der Waals surface area (Å²) in [5.41, 5.74) is -0.652. The molecule has 0 aromatic heterocycles. The number of phenolic OH excluding ortho intramolecular Hbond substituents is 2. The highest BCUT2D eigenvalue weighted by Gasteiger charge is 2.52. The van der Waals surface area contributed by atoms with E-state index in [4.69, 9.17) is 46.4 Å². The third-order valence-electron chi connectivity index (χ3n) is 4.40. The quantitative estimate of drug-likeness (QED) is 0.311. The Bertz CT molecular complexity index is 1210. The number of rotatable bonds is 4. The minimum Gasteiger partial charge on any atom is -0.508 e. The predicted octanol–water partition coefficient (Wildman–Crippen LogP) is 5.89. The van der Waals surface area contributed by atoms with Gasteiger partial charge in [0.1, 0.15) is 11.5 Å². The number of para-hydroxylation sites is 1. The Morgan fingerprint density at radius 2 is 1.31 bits per heavy atom. The van der Waals surface area contributed by atoms with Crippen LogP contribution in [0, 0.1) is 0 Å². The molecule has 0 saturated carbocycles. The van der Waals surface area contributed by atoms with Crippen LogP contribution in [-0.2, 0) is 14.9 Å².